The zero-order valence-corrected chi connectivity index (χ0v) is 10.4. The summed E-state index contributed by atoms with van der Waals surface area (Å²) in [4.78, 5) is 10.1. The molecule has 0 aliphatic carbocycles. The van der Waals surface area contributed by atoms with E-state index in [4.69, 9.17) is 10.5 Å². The zero-order valence-electron chi connectivity index (χ0n) is 10.4. The lowest BCUT2D eigenvalue weighted by molar-refractivity contribution is -0.384. The van der Waals surface area contributed by atoms with Crippen LogP contribution in [0.5, 0.6) is 5.75 Å². The van der Waals surface area contributed by atoms with Gasteiger partial charge in [0.05, 0.1) is 18.1 Å². The topological polar surface area (TPSA) is 96.2 Å². The van der Waals surface area contributed by atoms with Gasteiger partial charge in [-0.25, -0.2) is 4.68 Å². The molecule has 19 heavy (non-hydrogen) atoms. The summed E-state index contributed by atoms with van der Waals surface area (Å²) in [7, 11) is 0. The van der Waals surface area contributed by atoms with E-state index in [1.165, 1.54) is 4.68 Å². The summed E-state index contributed by atoms with van der Waals surface area (Å²) < 4.78 is 6.73. The van der Waals surface area contributed by atoms with E-state index < -0.39 is 4.92 Å². The maximum absolute atomic E-state index is 10.7. The summed E-state index contributed by atoms with van der Waals surface area (Å²) >= 11 is 0. The first-order valence-corrected chi connectivity index (χ1v) is 5.79. The number of nitro groups is 1. The Labute approximate surface area is 109 Å². The molecule has 0 saturated heterocycles. The van der Waals surface area contributed by atoms with Gasteiger partial charge in [0.1, 0.15) is 11.9 Å². The van der Waals surface area contributed by atoms with Crippen molar-refractivity contribution in [1.82, 2.24) is 9.78 Å². The van der Waals surface area contributed by atoms with Crippen LogP contribution in [0.25, 0.3) is 0 Å². The van der Waals surface area contributed by atoms with E-state index in [-0.39, 0.29) is 11.5 Å². The summed E-state index contributed by atoms with van der Waals surface area (Å²) in [6, 6.07) is 7.43. The fourth-order valence-electron chi connectivity index (χ4n) is 1.68. The summed E-state index contributed by atoms with van der Waals surface area (Å²) in [5, 5.41) is 14.6. The number of benzene rings is 1. The van der Waals surface area contributed by atoms with Gasteiger partial charge in [-0.05, 0) is 24.6 Å². The summed E-state index contributed by atoms with van der Waals surface area (Å²) in [6.45, 7) is 2.90. The summed E-state index contributed by atoms with van der Waals surface area (Å²) in [5.74, 6) is 0.838. The van der Waals surface area contributed by atoms with Crippen LogP contribution >= 0.6 is 0 Å². The predicted octanol–water partition coefficient (Wildman–Crippen LogP) is 1.82. The molecule has 0 atom stereocenters. The summed E-state index contributed by atoms with van der Waals surface area (Å²) in [5.41, 5.74) is 6.43. The van der Waals surface area contributed by atoms with Crippen LogP contribution < -0.4 is 10.5 Å². The largest absolute Gasteiger partial charge is 0.494 e. The number of aromatic nitrogens is 2. The van der Waals surface area contributed by atoms with Gasteiger partial charge < -0.3 is 10.5 Å². The van der Waals surface area contributed by atoms with Crippen molar-refractivity contribution in [3.8, 4) is 5.75 Å². The van der Waals surface area contributed by atoms with Crippen LogP contribution in [0.4, 0.5) is 11.5 Å². The Morgan fingerprint density at radius 3 is 2.63 bits per heavy atom. The number of hydrogen-bond donors (Lipinski definition) is 1. The third-order valence-corrected chi connectivity index (χ3v) is 2.62. The monoisotopic (exact) mass is 262 g/mol. The number of anilines is 1. The molecular weight excluding hydrogens is 248 g/mol. The molecule has 0 unspecified atom stereocenters. The second-order valence-electron chi connectivity index (χ2n) is 3.91. The van der Waals surface area contributed by atoms with E-state index in [1.807, 2.05) is 31.2 Å². The van der Waals surface area contributed by atoms with Crippen LogP contribution in [0.2, 0.25) is 0 Å². The molecule has 1 aromatic heterocycles. The van der Waals surface area contributed by atoms with Crippen LogP contribution in [0.15, 0.2) is 30.5 Å². The Bertz CT molecular complexity index is 577. The van der Waals surface area contributed by atoms with Crippen molar-refractivity contribution >= 4 is 11.5 Å². The van der Waals surface area contributed by atoms with Gasteiger partial charge in [-0.2, -0.15) is 5.10 Å². The number of ether oxygens (including phenoxy) is 1. The third kappa shape index (κ3) is 2.82. The van der Waals surface area contributed by atoms with Crippen LogP contribution in [-0.4, -0.2) is 21.3 Å². The minimum Gasteiger partial charge on any atom is -0.494 e. The van der Waals surface area contributed by atoms with Gasteiger partial charge in [-0.3, -0.25) is 10.1 Å². The molecule has 7 nitrogen and oxygen atoms in total. The Kier molecular flexibility index (Phi) is 3.65. The standard InChI is InChI=1S/C12H14N4O3/c1-2-19-10-5-3-9(4-6-10)8-15-12(13)11(7-14-15)16(17)18/h3-7H,2,8,13H2,1H3. The molecular formula is C12H14N4O3. The molecule has 1 heterocycles. The van der Waals surface area contributed by atoms with Crippen molar-refractivity contribution < 1.29 is 9.66 Å². The van der Waals surface area contributed by atoms with E-state index in [9.17, 15) is 10.1 Å². The van der Waals surface area contributed by atoms with E-state index in [2.05, 4.69) is 5.10 Å². The Hall–Kier alpha value is -2.57. The average molecular weight is 262 g/mol. The highest BCUT2D eigenvalue weighted by molar-refractivity contribution is 5.51. The van der Waals surface area contributed by atoms with Crippen molar-refractivity contribution in [3.05, 3.63) is 46.1 Å². The zero-order chi connectivity index (χ0) is 13.8. The first-order chi connectivity index (χ1) is 9.11. The molecule has 0 aliphatic rings. The van der Waals surface area contributed by atoms with Crippen LogP contribution in [0, 0.1) is 10.1 Å². The molecule has 100 valence electrons. The Morgan fingerprint density at radius 1 is 1.42 bits per heavy atom. The first-order valence-electron chi connectivity index (χ1n) is 5.79. The van der Waals surface area contributed by atoms with E-state index >= 15 is 0 Å². The van der Waals surface area contributed by atoms with Crippen LogP contribution in [-0.2, 0) is 6.54 Å². The van der Waals surface area contributed by atoms with Crippen molar-refractivity contribution in [1.29, 1.82) is 0 Å². The molecule has 0 aliphatic heterocycles. The highest BCUT2D eigenvalue weighted by Crippen LogP contribution is 2.21. The maximum atomic E-state index is 10.7. The quantitative estimate of drug-likeness (QED) is 0.654. The molecule has 1 aromatic carbocycles. The fourth-order valence-corrected chi connectivity index (χ4v) is 1.68. The second kappa shape index (κ2) is 5.38. The molecule has 0 radical (unpaired) electrons. The number of nitrogens with two attached hydrogens (primary N) is 1. The fraction of sp³-hybridized carbons (Fsp3) is 0.250. The Morgan fingerprint density at radius 2 is 2.11 bits per heavy atom. The lowest BCUT2D eigenvalue weighted by atomic mass is 10.2. The minimum atomic E-state index is -0.545. The normalized spacial score (nSPS) is 10.4. The van der Waals surface area contributed by atoms with Crippen LogP contribution in [0.1, 0.15) is 12.5 Å². The maximum Gasteiger partial charge on any atom is 0.330 e. The van der Waals surface area contributed by atoms with E-state index in [0.717, 1.165) is 17.5 Å². The van der Waals surface area contributed by atoms with Gasteiger partial charge >= 0.3 is 5.69 Å². The molecule has 2 rings (SSSR count). The first kappa shape index (κ1) is 12.9. The van der Waals surface area contributed by atoms with Gasteiger partial charge in [-0.1, -0.05) is 12.1 Å². The molecule has 7 heteroatoms. The minimum absolute atomic E-state index is 0.0545. The second-order valence-corrected chi connectivity index (χ2v) is 3.91. The van der Waals surface area contributed by atoms with Crippen molar-refractivity contribution in [2.24, 2.45) is 0 Å². The van der Waals surface area contributed by atoms with Crippen molar-refractivity contribution in [2.45, 2.75) is 13.5 Å². The number of nitrogen functional groups attached to an aromatic ring is 1. The van der Waals surface area contributed by atoms with E-state index in [1.54, 1.807) is 0 Å². The smallest absolute Gasteiger partial charge is 0.330 e. The SMILES string of the molecule is CCOc1ccc(Cn2ncc([N+](=O)[O-])c2N)cc1. The highest BCUT2D eigenvalue weighted by atomic mass is 16.6. The number of hydrogen-bond acceptors (Lipinski definition) is 5. The summed E-state index contributed by atoms with van der Waals surface area (Å²) in [6.07, 6.45) is 1.16. The molecule has 0 fully saturated rings. The van der Waals surface area contributed by atoms with Crippen molar-refractivity contribution in [2.75, 3.05) is 12.3 Å². The third-order valence-electron chi connectivity index (χ3n) is 2.62. The lowest BCUT2D eigenvalue weighted by Crippen LogP contribution is -2.06. The van der Waals surface area contributed by atoms with Gasteiger partial charge in [0.25, 0.3) is 0 Å². The van der Waals surface area contributed by atoms with E-state index in [0.29, 0.717) is 13.2 Å². The molecule has 2 N–H and O–H groups in total. The average Bonchev–Trinajstić information content (AvgIpc) is 2.74. The van der Waals surface area contributed by atoms with Crippen LogP contribution in [0.3, 0.4) is 0 Å². The molecule has 0 bridgehead atoms. The predicted molar refractivity (Wildman–Crippen MR) is 70.0 cm³/mol. The van der Waals surface area contributed by atoms with Gasteiger partial charge in [-0.15, -0.1) is 0 Å². The molecule has 2 aromatic rings. The highest BCUT2D eigenvalue weighted by Gasteiger charge is 2.17. The number of nitrogens with zero attached hydrogens (tertiary/aromatic N) is 3. The lowest BCUT2D eigenvalue weighted by Gasteiger charge is -2.06. The van der Waals surface area contributed by atoms with Gasteiger partial charge in [0.2, 0.25) is 5.82 Å². The molecule has 0 saturated carbocycles. The Balaban J connectivity index is 2.15. The van der Waals surface area contributed by atoms with Gasteiger partial charge in [0.15, 0.2) is 0 Å². The molecule has 0 spiro atoms. The van der Waals surface area contributed by atoms with Crippen molar-refractivity contribution in [3.63, 3.8) is 0 Å². The van der Waals surface area contributed by atoms with Gasteiger partial charge in [0, 0.05) is 0 Å². The number of rotatable bonds is 5. The molecule has 0 amide bonds.